The summed E-state index contributed by atoms with van der Waals surface area (Å²) in [5, 5.41) is 0.996. The Hall–Kier alpha value is -2.57. The zero-order valence-corrected chi connectivity index (χ0v) is 13.0. The number of pyridine rings is 1. The van der Waals surface area contributed by atoms with Crippen LogP contribution in [-0.4, -0.2) is 75.9 Å². The summed E-state index contributed by atoms with van der Waals surface area (Å²) >= 11 is 0. The van der Waals surface area contributed by atoms with E-state index < -0.39 is 0 Å². The number of rotatable bonds is 2. The van der Waals surface area contributed by atoms with Gasteiger partial charge in [0.25, 0.3) is 0 Å². The number of nitrogens with one attached hydrogen (secondary N) is 1. The van der Waals surface area contributed by atoms with Gasteiger partial charge in [-0.05, 0) is 17.7 Å². The molecule has 120 valence electrons. The SMILES string of the molecule is CN1CC2CN(C(=O)Cc3c[nH]c4ncccc34)CCN2C1=O. The molecule has 0 saturated carbocycles. The number of hydrogen-bond donors (Lipinski definition) is 1. The number of aromatic amines is 1. The number of carbonyl (C=O) groups excluding carboxylic acids is 2. The van der Waals surface area contributed by atoms with Crippen molar-refractivity contribution in [2.24, 2.45) is 0 Å². The third-order valence-electron chi connectivity index (χ3n) is 4.77. The monoisotopic (exact) mass is 313 g/mol. The van der Waals surface area contributed by atoms with Gasteiger partial charge in [-0.2, -0.15) is 0 Å². The zero-order valence-electron chi connectivity index (χ0n) is 13.0. The molecular formula is C16H19N5O2. The molecule has 2 aliphatic rings. The lowest BCUT2D eigenvalue weighted by atomic mass is 10.1. The van der Waals surface area contributed by atoms with Gasteiger partial charge in [0.2, 0.25) is 5.91 Å². The lowest BCUT2D eigenvalue weighted by Gasteiger charge is -2.36. The van der Waals surface area contributed by atoms with Crippen molar-refractivity contribution in [2.45, 2.75) is 12.5 Å². The fourth-order valence-corrected chi connectivity index (χ4v) is 3.54. The van der Waals surface area contributed by atoms with Crippen LogP contribution < -0.4 is 0 Å². The van der Waals surface area contributed by atoms with Crippen LogP contribution in [0.3, 0.4) is 0 Å². The van der Waals surface area contributed by atoms with Crippen LogP contribution in [0.1, 0.15) is 5.56 Å². The summed E-state index contributed by atoms with van der Waals surface area (Å²) in [6.07, 6.45) is 3.96. The normalized spacial score (nSPS) is 21.2. The van der Waals surface area contributed by atoms with Crippen LogP contribution in [0.25, 0.3) is 11.0 Å². The first-order valence-electron chi connectivity index (χ1n) is 7.84. The number of piperazine rings is 1. The van der Waals surface area contributed by atoms with E-state index in [2.05, 4.69) is 9.97 Å². The molecule has 4 heterocycles. The Labute approximate surface area is 133 Å². The van der Waals surface area contributed by atoms with Crippen LogP contribution in [0.15, 0.2) is 24.5 Å². The molecule has 1 atom stereocenters. The van der Waals surface area contributed by atoms with Crippen LogP contribution in [-0.2, 0) is 11.2 Å². The minimum atomic E-state index is 0.0739. The number of likely N-dealkylation sites (N-methyl/N-ethyl adjacent to an activating group) is 1. The fraction of sp³-hybridized carbons (Fsp3) is 0.438. The van der Waals surface area contributed by atoms with Gasteiger partial charge >= 0.3 is 6.03 Å². The summed E-state index contributed by atoms with van der Waals surface area (Å²) < 4.78 is 0. The topological polar surface area (TPSA) is 72.5 Å². The Morgan fingerprint density at radius 2 is 2.26 bits per heavy atom. The minimum Gasteiger partial charge on any atom is -0.346 e. The van der Waals surface area contributed by atoms with Gasteiger partial charge < -0.3 is 19.7 Å². The number of fused-ring (bicyclic) bond motifs is 2. The van der Waals surface area contributed by atoms with Gasteiger partial charge in [-0.25, -0.2) is 9.78 Å². The summed E-state index contributed by atoms with van der Waals surface area (Å²) in [7, 11) is 1.81. The highest BCUT2D eigenvalue weighted by atomic mass is 16.2. The Kier molecular flexibility index (Phi) is 3.21. The molecular weight excluding hydrogens is 294 g/mol. The summed E-state index contributed by atoms with van der Waals surface area (Å²) in [6, 6.07) is 4.05. The van der Waals surface area contributed by atoms with Gasteiger partial charge in [-0.15, -0.1) is 0 Å². The molecule has 2 aliphatic heterocycles. The van der Waals surface area contributed by atoms with Crippen LogP contribution in [0, 0.1) is 0 Å². The third-order valence-corrected chi connectivity index (χ3v) is 4.77. The van der Waals surface area contributed by atoms with Crippen LogP contribution in [0.4, 0.5) is 4.79 Å². The summed E-state index contributed by atoms with van der Waals surface area (Å²) in [4.78, 5) is 37.4. The first-order valence-corrected chi connectivity index (χ1v) is 7.84. The highest BCUT2D eigenvalue weighted by Crippen LogP contribution is 2.21. The lowest BCUT2D eigenvalue weighted by Crippen LogP contribution is -2.54. The molecule has 2 fully saturated rings. The largest absolute Gasteiger partial charge is 0.346 e. The summed E-state index contributed by atoms with van der Waals surface area (Å²) in [5.74, 6) is 0.108. The van der Waals surface area contributed by atoms with E-state index in [1.807, 2.05) is 35.2 Å². The van der Waals surface area contributed by atoms with Crippen molar-refractivity contribution in [1.29, 1.82) is 0 Å². The maximum Gasteiger partial charge on any atom is 0.320 e. The standard InChI is InChI=1S/C16H19N5O2/c1-19-9-12-10-20(5-6-21(12)16(19)23)14(22)7-11-8-18-15-13(11)3-2-4-17-15/h2-4,8,12H,5-7,9-10H2,1H3,(H,17,18). The van der Waals surface area contributed by atoms with Crippen molar-refractivity contribution < 1.29 is 9.59 Å². The number of H-pyrrole nitrogens is 1. The van der Waals surface area contributed by atoms with Crippen molar-refractivity contribution in [3.05, 3.63) is 30.1 Å². The van der Waals surface area contributed by atoms with E-state index in [9.17, 15) is 9.59 Å². The predicted octanol–water partition coefficient (Wildman–Crippen LogP) is 0.684. The predicted molar refractivity (Wildman–Crippen MR) is 84.9 cm³/mol. The molecule has 23 heavy (non-hydrogen) atoms. The van der Waals surface area contributed by atoms with Crippen molar-refractivity contribution in [1.82, 2.24) is 24.7 Å². The fourth-order valence-electron chi connectivity index (χ4n) is 3.54. The maximum atomic E-state index is 12.6. The maximum absolute atomic E-state index is 12.6. The average Bonchev–Trinajstić information content (AvgIpc) is 3.09. The van der Waals surface area contributed by atoms with Gasteiger partial charge in [0.15, 0.2) is 0 Å². The second-order valence-electron chi connectivity index (χ2n) is 6.24. The van der Waals surface area contributed by atoms with Crippen molar-refractivity contribution >= 4 is 23.0 Å². The molecule has 0 spiro atoms. The third kappa shape index (κ3) is 2.32. The molecule has 0 aliphatic carbocycles. The van der Waals surface area contributed by atoms with Crippen LogP contribution in [0.2, 0.25) is 0 Å². The van der Waals surface area contributed by atoms with E-state index in [1.165, 1.54) is 0 Å². The second-order valence-corrected chi connectivity index (χ2v) is 6.24. The number of urea groups is 1. The van der Waals surface area contributed by atoms with E-state index in [0.717, 1.165) is 16.6 Å². The number of aromatic nitrogens is 2. The van der Waals surface area contributed by atoms with Crippen LogP contribution in [0.5, 0.6) is 0 Å². The van der Waals surface area contributed by atoms with Crippen LogP contribution >= 0.6 is 0 Å². The summed E-state index contributed by atoms with van der Waals surface area (Å²) in [5.41, 5.74) is 1.78. The Morgan fingerprint density at radius 3 is 3.13 bits per heavy atom. The first-order chi connectivity index (χ1) is 11.1. The quantitative estimate of drug-likeness (QED) is 0.886. The molecule has 2 aromatic rings. The van der Waals surface area contributed by atoms with Crippen molar-refractivity contribution in [3.8, 4) is 0 Å². The zero-order chi connectivity index (χ0) is 16.0. The Balaban J connectivity index is 1.47. The number of carbonyl (C=O) groups is 2. The van der Waals surface area contributed by atoms with E-state index in [0.29, 0.717) is 32.6 Å². The molecule has 4 rings (SSSR count). The Bertz CT molecular complexity index is 771. The molecule has 0 radical (unpaired) electrons. The first kappa shape index (κ1) is 14.0. The van der Waals surface area contributed by atoms with E-state index >= 15 is 0 Å². The van der Waals surface area contributed by atoms with E-state index in [-0.39, 0.29) is 18.0 Å². The average molecular weight is 313 g/mol. The molecule has 1 unspecified atom stereocenters. The molecule has 2 saturated heterocycles. The summed E-state index contributed by atoms with van der Waals surface area (Å²) in [6.45, 7) is 2.54. The highest BCUT2D eigenvalue weighted by Gasteiger charge is 2.39. The molecule has 2 aromatic heterocycles. The molecule has 1 N–H and O–H groups in total. The molecule has 3 amide bonds. The lowest BCUT2D eigenvalue weighted by molar-refractivity contribution is -0.132. The van der Waals surface area contributed by atoms with E-state index in [4.69, 9.17) is 0 Å². The molecule has 7 nitrogen and oxygen atoms in total. The highest BCUT2D eigenvalue weighted by molar-refractivity contribution is 5.87. The smallest absolute Gasteiger partial charge is 0.320 e. The number of hydrogen-bond acceptors (Lipinski definition) is 3. The number of amides is 3. The molecule has 0 aromatic carbocycles. The number of nitrogens with zero attached hydrogens (tertiary/aromatic N) is 4. The van der Waals surface area contributed by atoms with E-state index in [1.54, 1.807) is 11.1 Å². The second kappa shape index (κ2) is 5.26. The van der Waals surface area contributed by atoms with Crippen molar-refractivity contribution in [2.75, 3.05) is 33.2 Å². The van der Waals surface area contributed by atoms with Gasteiger partial charge in [0.1, 0.15) is 5.65 Å². The van der Waals surface area contributed by atoms with Crippen molar-refractivity contribution in [3.63, 3.8) is 0 Å². The van der Waals surface area contributed by atoms with Gasteiger partial charge in [0.05, 0.1) is 12.5 Å². The molecule has 0 bridgehead atoms. The van der Waals surface area contributed by atoms with Gasteiger partial charge in [-0.1, -0.05) is 0 Å². The Morgan fingerprint density at radius 1 is 1.39 bits per heavy atom. The van der Waals surface area contributed by atoms with Gasteiger partial charge in [0, 0.05) is 51.0 Å². The minimum absolute atomic E-state index is 0.0739. The van der Waals surface area contributed by atoms with Gasteiger partial charge in [-0.3, -0.25) is 4.79 Å². The molecule has 7 heteroatoms.